The Balaban J connectivity index is 2.72. The standard InChI is InChI=1S/C10H16O2/c1-7-4-5-8(6-9(7)11)10(2,3)12/h4,8,12H,5-6H2,1-3H3/t8-/m0/s1. The van der Waals surface area contributed by atoms with E-state index >= 15 is 0 Å². The smallest absolute Gasteiger partial charge is 0.158 e. The second-order valence-corrected chi connectivity index (χ2v) is 4.10. The first-order valence-corrected chi connectivity index (χ1v) is 4.33. The molecule has 1 aliphatic rings. The Morgan fingerprint density at radius 3 is 2.58 bits per heavy atom. The van der Waals surface area contributed by atoms with Crippen LogP contribution in [0.4, 0.5) is 0 Å². The zero-order chi connectivity index (χ0) is 9.35. The fourth-order valence-electron chi connectivity index (χ4n) is 1.44. The third-order valence-corrected chi connectivity index (χ3v) is 2.58. The van der Waals surface area contributed by atoms with E-state index in [0.717, 1.165) is 12.0 Å². The van der Waals surface area contributed by atoms with Crippen molar-refractivity contribution in [2.24, 2.45) is 5.92 Å². The quantitative estimate of drug-likeness (QED) is 0.646. The highest BCUT2D eigenvalue weighted by Gasteiger charge is 2.30. The van der Waals surface area contributed by atoms with E-state index < -0.39 is 5.60 Å². The van der Waals surface area contributed by atoms with Crippen LogP contribution < -0.4 is 0 Å². The first-order chi connectivity index (χ1) is 5.41. The molecule has 1 atom stereocenters. The molecule has 1 aliphatic carbocycles. The predicted molar refractivity (Wildman–Crippen MR) is 47.8 cm³/mol. The van der Waals surface area contributed by atoms with Crippen LogP contribution in [0.5, 0.6) is 0 Å². The molecule has 1 rings (SSSR count). The molecule has 0 heterocycles. The van der Waals surface area contributed by atoms with Gasteiger partial charge in [0.05, 0.1) is 5.60 Å². The van der Waals surface area contributed by atoms with Gasteiger partial charge in [-0.2, -0.15) is 0 Å². The van der Waals surface area contributed by atoms with Gasteiger partial charge in [-0.25, -0.2) is 0 Å². The molecule has 12 heavy (non-hydrogen) atoms. The number of Topliss-reactive ketones (excluding diaryl/α,β-unsaturated/α-hetero) is 1. The van der Waals surface area contributed by atoms with E-state index in [4.69, 9.17) is 0 Å². The van der Waals surface area contributed by atoms with Crippen LogP contribution >= 0.6 is 0 Å². The number of hydrogen-bond donors (Lipinski definition) is 1. The molecule has 0 aromatic carbocycles. The maximum absolute atomic E-state index is 11.3. The van der Waals surface area contributed by atoms with E-state index in [1.54, 1.807) is 13.8 Å². The van der Waals surface area contributed by atoms with Gasteiger partial charge in [0, 0.05) is 6.42 Å². The van der Waals surface area contributed by atoms with E-state index in [9.17, 15) is 9.90 Å². The zero-order valence-electron chi connectivity index (χ0n) is 7.92. The largest absolute Gasteiger partial charge is 0.390 e. The van der Waals surface area contributed by atoms with Crippen molar-refractivity contribution in [1.29, 1.82) is 0 Å². The summed E-state index contributed by atoms with van der Waals surface area (Å²) in [5.41, 5.74) is 0.114. The van der Waals surface area contributed by atoms with E-state index in [2.05, 4.69) is 0 Å². The lowest BCUT2D eigenvalue weighted by Crippen LogP contribution is -2.34. The Labute approximate surface area is 73.3 Å². The normalized spacial score (nSPS) is 25.5. The third kappa shape index (κ3) is 1.95. The van der Waals surface area contributed by atoms with Gasteiger partial charge in [-0.3, -0.25) is 4.79 Å². The van der Waals surface area contributed by atoms with E-state index in [0.29, 0.717) is 6.42 Å². The second kappa shape index (κ2) is 3.02. The van der Waals surface area contributed by atoms with E-state index in [1.807, 2.05) is 13.0 Å². The number of aliphatic hydroxyl groups is 1. The molecule has 0 saturated carbocycles. The van der Waals surface area contributed by atoms with Crippen molar-refractivity contribution in [3.63, 3.8) is 0 Å². The van der Waals surface area contributed by atoms with Crippen LogP contribution in [0, 0.1) is 5.92 Å². The molecule has 0 aliphatic heterocycles. The van der Waals surface area contributed by atoms with Gasteiger partial charge in [0.1, 0.15) is 0 Å². The Hall–Kier alpha value is -0.630. The minimum Gasteiger partial charge on any atom is -0.390 e. The Morgan fingerprint density at radius 2 is 2.17 bits per heavy atom. The topological polar surface area (TPSA) is 37.3 Å². The molecular formula is C10H16O2. The minimum atomic E-state index is -0.729. The van der Waals surface area contributed by atoms with Crippen molar-refractivity contribution in [3.05, 3.63) is 11.6 Å². The summed E-state index contributed by atoms with van der Waals surface area (Å²) in [6.07, 6.45) is 3.24. The van der Waals surface area contributed by atoms with Gasteiger partial charge < -0.3 is 5.11 Å². The first kappa shape index (κ1) is 9.46. The number of allylic oxidation sites excluding steroid dienone is 2. The van der Waals surface area contributed by atoms with Gasteiger partial charge in [-0.15, -0.1) is 0 Å². The highest BCUT2D eigenvalue weighted by molar-refractivity contribution is 5.95. The minimum absolute atomic E-state index is 0.0914. The molecule has 0 saturated heterocycles. The van der Waals surface area contributed by atoms with Crippen LogP contribution in [0.1, 0.15) is 33.6 Å². The molecule has 0 spiro atoms. The summed E-state index contributed by atoms with van der Waals surface area (Å²) in [5.74, 6) is 0.266. The van der Waals surface area contributed by atoms with E-state index in [1.165, 1.54) is 0 Å². The molecule has 0 bridgehead atoms. The molecule has 2 heteroatoms. The van der Waals surface area contributed by atoms with E-state index in [-0.39, 0.29) is 11.7 Å². The molecule has 0 amide bonds. The second-order valence-electron chi connectivity index (χ2n) is 4.10. The van der Waals surface area contributed by atoms with Crippen LogP contribution in [-0.4, -0.2) is 16.5 Å². The lowest BCUT2D eigenvalue weighted by molar-refractivity contribution is -0.119. The molecule has 68 valence electrons. The van der Waals surface area contributed by atoms with Crippen LogP contribution in [0.15, 0.2) is 11.6 Å². The summed E-state index contributed by atoms with van der Waals surface area (Å²) < 4.78 is 0. The van der Waals surface area contributed by atoms with Crippen LogP contribution in [-0.2, 0) is 4.79 Å². The fourth-order valence-corrected chi connectivity index (χ4v) is 1.44. The number of carbonyl (C=O) groups excluding carboxylic acids is 1. The summed E-state index contributed by atoms with van der Waals surface area (Å²) >= 11 is 0. The number of rotatable bonds is 1. The molecule has 1 N–H and O–H groups in total. The number of ketones is 1. The fraction of sp³-hybridized carbons (Fsp3) is 0.700. The van der Waals surface area contributed by atoms with Crippen molar-refractivity contribution in [1.82, 2.24) is 0 Å². The van der Waals surface area contributed by atoms with Crippen molar-refractivity contribution in [2.45, 2.75) is 39.2 Å². The predicted octanol–water partition coefficient (Wildman–Crippen LogP) is 1.68. The van der Waals surface area contributed by atoms with Gasteiger partial charge in [0.15, 0.2) is 5.78 Å². The molecule has 0 radical (unpaired) electrons. The van der Waals surface area contributed by atoms with Crippen LogP contribution in [0.3, 0.4) is 0 Å². The van der Waals surface area contributed by atoms with Crippen molar-refractivity contribution < 1.29 is 9.90 Å². The summed E-state index contributed by atoms with van der Waals surface area (Å²) in [5, 5.41) is 9.66. The number of hydrogen-bond acceptors (Lipinski definition) is 2. The lowest BCUT2D eigenvalue weighted by Gasteiger charge is -2.30. The monoisotopic (exact) mass is 168 g/mol. The van der Waals surface area contributed by atoms with Crippen molar-refractivity contribution >= 4 is 5.78 Å². The molecule has 0 unspecified atom stereocenters. The van der Waals surface area contributed by atoms with Gasteiger partial charge in [-0.1, -0.05) is 6.08 Å². The van der Waals surface area contributed by atoms with Crippen molar-refractivity contribution in [2.75, 3.05) is 0 Å². The molecule has 0 aromatic rings. The molecule has 0 aromatic heterocycles. The summed E-state index contributed by atoms with van der Waals surface area (Å²) in [4.78, 5) is 11.3. The van der Waals surface area contributed by atoms with Crippen LogP contribution in [0.2, 0.25) is 0 Å². The third-order valence-electron chi connectivity index (χ3n) is 2.58. The molecular weight excluding hydrogens is 152 g/mol. The maximum Gasteiger partial charge on any atom is 0.158 e. The molecule has 0 fully saturated rings. The maximum atomic E-state index is 11.3. The average molecular weight is 168 g/mol. The molecule has 2 nitrogen and oxygen atoms in total. The lowest BCUT2D eigenvalue weighted by atomic mass is 9.79. The Bertz CT molecular complexity index is 220. The van der Waals surface area contributed by atoms with Crippen molar-refractivity contribution in [3.8, 4) is 0 Å². The highest BCUT2D eigenvalue weighted by atomic mass is 16.3. The number of carbonyl (C=O) groups is 1. The highest BCUT2D eigenvalue weighted by Crippen LogP contribution is 2.29. The first-order valence-electron chi connectivity index (χ1n) is 4.33. The summed E-state index contributed by atoms with van der Waals surface area (Å²) in [6.45, 7) is 5.36. The Morgan fingerprint density at radius 1 is 1.58 bits per heavy atom. The van der Waals surface area contributed by atoms with Crippen LogP contribution in [0.25, 0.3) is 0 Å². The van der Waals surface area contributed by atoms with Gasteiger partial charge in [0.25, 0.3) is 0 Å². The zero-order valence-corrected chi connectivity index (χ0v) is 7.92. The van der Waals surface area contributed by atoms with Gasteiger partial charge in [0.2, 0.25) is 0 Å². The summed E-state index contributed by atoms with van der Waals surface area (Å²) in [6, 6.07) is 0. The average Bonchev–Trinajstić information content (AvgIpc) is 1.92. The van der Waals surface area contributed by atoms with Gasteiger partial charge in [-0.05, 0) is 38.7 Å². The Kier molecular flexibility index (Phi) is 2.38. The van der Waals surface area contributed by atoms with Gasteiger partial charge >= 0.3 is 0 Å². The summed E-state index contributed by atoms with van der Waals surface area (Å²) in [7, 11) is 0. The SMILES string of the molecule is CC1=CC[C@H](C(C)(C)O)CC1=O.